The number of fused-ring (bicyclic) bond motifs is 3. The van der Waals surface area contributed by atoms with E-state index in [0.717, 1.165) is 17.8 Å². The van der Waals surface area contributed by atoms with Crippen LogP contribution in [0, 0.1) is 0 Å². The molecule has 1 amide bonds. The van der Waals surface area contributed by atoms with Crippen LogP contribution in [-0.4, -0.2) is 39.5 Å². The quantitative estimate of drug-likeness (QED) is 0.498. The molecule has 2 heterocycles. The molecule has 1 aromatic heterocycles. The van der Waals surface area contributed by atoms with Crippen LogP contribution in [0.25, 0.3) is 11.4 Å². The summed E-state index contributed by atoms with van der Waals surface area (Å²) in [5, 5.41) is 12.2. The SMILES string of the molecule is COC(=O)c1ccccc1NC(=O)CSc1nnc2n1C(C)(C)Cc1ccccc1-2. The van der Waals surface area contributed by atoms with Crippen LogP contribution in [0.4, 0.5) is 5.69 Å². The van der Waals surface area contributed by atoms with Gasteiger partial charge in [-0.05, 0) is 38.0 Å². The minimum Gasteiger partial charge on any atom is -0.465 e. The monoisotopic (exact) mass is 422 g/mol. The lowest BCUT2D eigenvalue weighted by Gasteiger charge is -2.34. The van der Waals surface area contributed by atoms with Crippen LogP contribution in [0.15, 0.2) is 53.7 Å². The lowest BCUT2D eigenvalue weighted by Crippen LogP contribution is -2.33. The molecular weight excluding hydrogens is 400 g/mol. The number of esters is 1. The molecule has 0 spiro atoms. The number of ether oxygens (including phenoxy) is 1. The predicted octanol–water partition coefficient (Wildman–Crippen LogP) is 3.75. The highest BCUT2D eigenvalue weighted by molar-refractivity contribution is 7.99. The number of carbonyl (C=O) groups excluding carboxylic acids is 2. The van der Waals surface area contributed by atoms with Crippen LogP contribution in [0.1, 0.15) is 29.8 Å². The summed E-state index contributed by atoms with van der Waals surface area (Å²) in [6, 6.07) is 15.0. The molecule has 1 aliphatic heterocycles. The van der Waals surface area contributed by atoms with Crippen LogP contribution in [0.2, 0.25) is 0 Å². The number of hydrogen-bond donors (Lipinski definition) is 1. The molecule has 1 aliphatic rings. The maximum Gasteiger partial charge on any atom is 0.339 e. The molecule has 1 N–H and O–H groups in total. The standard InChI is InChI=1S/C22H22N4O3S/c1-22(2)12-14-8-4-5-9-15(14)19-24-25-21(26(19)22)30-13-18(27)23-17-11-7-6-10-16(17)20(28)29-3/h4-11H,12-13H2,1-3H3,(H,23,27). The Hall–Kier alpha value is -3.13. The van der Waals surface area contributed by atoms with Gasteiger partial charge in [-0.25, -0.2) is 4.79 Å². The van der Waals surface area contributed by atoms with Crippen LogP contribution >= 0.6 is 11.8 Å². The van der Waals surface area contributed by atoms with Crippen LogP contribution in [0.5, 0.6) is 0 Å². The fraction of sp³-hybridized carbons (Fsp3) is 0.273. The van der Waals surface area contributed by atoms with Gasteiger partial charge in [0.25, 0.3) is 0 Å². The van der Waals surface area contributed by atoms with Gasteiger partial charge >= 0.3 is 5.97 Å². The van der Waals surface area contributed by atoms with E-state index >= 15 is 0 Å². The van der Waals surface area contributed by atoms with E-state index < -0.39 is 5.97 Å². The minimum absolute atomic E-state index is 0.144. The summed E-state index contributed by atoms with van der Waals surface area (Å²) in [5.74, 6) is 0.236. The Morgan fingerprint density at radius 3 is 2.67 bits per heavy atom. The first-order valence-electron chi connectivity index (χ1n) is 9.55. The van der Waals surface area contributed by atoms with Crippen LogP contribution in [0.3, 0.4) is 0 Å². The summed E-state index contributed by atoms with van der Waals surface area (Å²) >= 11 is 1.33. The first-order chi connectivity index (χ1) is 14.4. The lowest BCUT2D eigenvalue weighted by atomic mass is 9.87. The average Bonchev–Trinajstić information content (AvgIpc) is 3.17. The molecule has 0 radical (unpaired) electrons. The smallest absolute Gasteiger partial charge is 0.339 e. The van der Waals surface area contributed by atoms with E-state index in [0.29, 0.717) is 16.4 Å². The highest BCUT2D eigenvalue weighted by Gasteiger charge is 2.34. The fourth-order valence-corrected chi connectivity index (χ4v) is 4.61. The Labute approximate surface area is 178 Å². The molecule has 0 unspecified atom stereocenters. The third-order valence-electron chi connectivity index (χ3n) is 5.06. The predicted molar refractivity (Wildman–Crippen MR) is 116 cm³/mol. The van der Waals surface area contributed by atoms with Gasteiger partial charge < -0.3 is 10.1 Å². The van der Waals surface area contributed by atoms with Gasteiger partial charge in [-0.1, -0.05) is 48.2 Å². The fourth-order valence-electron chi connectivity index (χ4n) is 3.72. The lowest BCUT2D eigenvalue weighted by molar-refractivity contribution is -0.113. The number of anilines is 1. The average molecular weight is 423 g/mol. The number of aromatic nitrogens is 3. The van der Waals surface area contributed by atoms with E-state index in [-0.39, 0.29) is 17.2 Å². The van der Waals surface area contributed by atoms with Gasteiger partial charge in [-0.15, -0.1) is 10.2 Å². The minimum atomic E-state index is -0.495. The summed E-state index contributed by atoms with van der Waals surface area (Å²) in [5.41, 5.74) is 2.86. The maximum atomic E-state index is 12.6. The third-order valence-corrected chi connectivity index (χ3v) is 5.99. The molecule has 7 nitrogen and oxygen atoms in total. The molecule has 154 valence electrons. The van der Waals surface area contributed by atoms with E-state index in [1.807, 2.05) is 12.1 Å². The van der Waals surface area contributed by atoms with E-state index in [2.05, 4.69) is 46.1 Å². The highest BCUT2D eigenvalue weighted by atomic mass is 32.2. The van der Waals surface area contributed by atoms with Gasteiger partial charge in [-0.3, -0.25) is 9.36 Å². The second-order valence-electron chi connectivity index (χ2n) is 7.66. The molecule has 0 bridgehead atoms. The van der Waals surface area contributed by atoms with Crippen molar-refractivity contribution in [2.24, 2.45) is 0 Å². The van der Waals surface area contributed by atoms with E-state index in [4.69, 9.17) is 4.74 Å². The summed E-state index contributed by atoms with van der Waals surface area (Å²) in [7, 11) is 1.31. The zero-order valence-corrected chi connectivity index (χ0v) is 17.8. The maximum absolute atomic E-state index is 12.6. The van der Waals surface area contributed by atoms with Crippen molar-refractivity contribution in [2.75, 3.05) is 18.2 Å². The molecule has 8 heteroatoms. The molecule has 4 rings (SSSR count). The number of amides is 1. The molecule has 3 aromatic rings. The van der Waals surface area contributed by atoms with Crippen LogP contribution < -0.4 is 5.32 Å². The van der Waals surface area contributed by atoms with Gasteiger partial charge in [0, 0.05) is 11.1 Å². The first-order valence-corrected chi connectivity index (χ1v) is 10.5. The second kappa shape index (κ2) is 7.95. The topological polar surface area (TPSA) is 86.1 Å². The van der Waals surface area contributed by atoms with Gasteiger partial charge in [0.2, 0.25) is 5.91 Å². The van der Waals surface area contributed by atoms with Gasteiger partial charge in [-0.2, -0.15) is 0 Å². The first kappa shape index (κ1) is 20.2. The molecule has 30 heavy (non-hydrogen) atoms. The van der Waals surface area contributed by atoms with Crippen molar-refractivity contribution in [2.45, 2.75) is 31.0 Å². The van der Waals surface area contributed by atoms with E-state index in [1.165, 1.54) is 24.4 Å². The number of thioether (sulfide) groups is 1. The molecule has 2 aromatic carbocycles. The van der Waals surface area contributed by atoms with Crippen molar-refractivity contribution in [3.05, 3.63) is 59.7 Å². The van der Waals surface area contributed by atoms with E-state index in [1.54, 1.807) is 24.3 Å². The summed E-state index contributed by atoms with van der Waals surface area (Å²) < 4.78 is 6.88. The number of methoxy groups -OCH3 is 1. The van der Waals surface area contributed by atoms with Crippen molar-refractivity contribution in [3.63, 3.8) is 0 Å². The number of carbonyl (C=O) groups is 2. The number of para-hydroxylation sites is 1. The molecule has 0 atom stereocenters. The second-order valence-corrected chi connectivity index (χ2v) is 8.60. The van der Waals surface area contributed by atoms with Gasteiger partial charge in [0.05, 0.1) is 24.1 Å². The Bertz CT molecular complexity index is 1120. The largest absolute Gasteiger partial charge is 0.465 e. The molecule has 0 fully saturated rings. The number of rotatable bonds is 5. The van der Waals surface area contributed by atoms with Crippen molar-refractivity contribution < 1.29 is 14.3 Å². The van der Waals surface area contributed by atoms with Gasteiger partial charge in [0.15, 0.2) is 11.0 Å². The molecule has 0 saturated carbocycles. The number of benzene rings is 2. The van der Waals surface area contributed by atoms with Crippen molar-refractivity contribution in [1.29, 1.82) is 0 Å². The number of nitrogens with zero attached hydrogens (tertiary/aromatic N) is 3. The zero-order valence-electron chi connectivity index (χ0n) is 17.0. The Balaban J connectivity index is 1.52. The summed E-state index contributed by atoms with van der Waals surface area (Å²) in [6.45, 7) is 4.29. The van der Waals surface area contributed by atoms with E-state index in [9.17, 15) is 9.59 Å². The number of nitrogens with one attached hydrogen (secondary N) is 1. The zero-order chi connectivity index (χ0) is 21.3. The van der Waals surface area contributed by atoms with Gasteiger partial charge in [0.1, 0.15) is 0 Å². The van der Waals surface area contributed by atoms with Crippen LogP contribution in [-0.2, 0) is 21.5 Å². The highest BCUT2D eigenvalue weighted by Crippen LogP contribution is 2.39. The molecular formula is C22H22N4O3S. The number of hydrogen-bond acceptors (Lipinski definition) is 6. The molecule has 0 aliphatic carbocycles. The Kier molecular flexibility index (Phi) is 5.34. The Morgan fingerprint density at radius 2 is 1.87 bits per heavy atom. The van der Waals surface area contributed by atoms with Crippen molar-refractivity contribution in [3.8, 4) is 11.4 Å². The normalized spacial score (nSPS) is 13.8. The van der Waals surface area contributed by atoms with Crippen molar-refractivity contribution >= 4 is 29.3 Å². The Morgan fingerprint density at radius 1 is 1.13 bits per heavy atom. The summed E-state index contributed by atoms with van der Waals surface area (Å²) in [4.78, 5) is 24.4. The summed E-state index contributed by atoms with van der Waals surface area (Å²) in [6.07, 6.45) is 0.862. The third kappa shape index (κ3) is 3.70. The molecule has 0 saturated heterocycles. The van der Waals surface area contributed by atoms with Crippen molar-refractivity contribution in [1.82, 2.24) is 14.8 Å².